The molecule has 10 nitrogen and oxygen atoms in total. The van der Waals surface area contributed by atoms with E-state index in [1.54, 1.807) is 12.1 Å². The Morgan fingerprint density at radius 1 is 0.500 bits per heavy atom. The van der Waals surface area contributed by atoms with E-state index in [0.29, 0.717) is 21.9 Å². The molecule has 222 valence electrons. The molecule has 0 spiro atoms. The van der Waals surface area contributed by atoms with E-state index < -0.39 is 23.2 Å². The fourth-order valence-corrected chi connectivity index (χ4v) is 4.89. The van der Waals surface area contributed by atoms with Crippen LogP contribution in [0.3, 0.4) is 0 Å². The highest BCUT2D eigenvalue weighted by Gasteiger charge is 2.18. The first kappa shape index (κ1) is 28.8. The van der Waals surface area contributed by atoms with Crippen LogP contribution in [0.4, 0.5) is 0 Å². The molecule has 0 aliphatic heterocycles. The highest BCUT2D eigenvalue weighted by molar-refractivity contribution is 6.08. The SMILES string of the molecule is O=C(OCCOCCOCCOC(=O)c1cc2c(ccc3ccccc32)oc1=O)c1cc2c(ccc3ccccc32)oc1=O. The van der Waals surface area contributed by atoms with Crippen molar-refractivity contribution in [2.24, 2.45) is 0 Å². The molecule has 10 heteroatoms. The van der Waals surface area contributed by atoms with Crippen LogP contribution < -0.4 is 11.3 Å². The second-order valence-electron chi connectivity index (χ2n) is 9.79. The molecule has 6 aromatic rings. The Labute approximate surface area is 249 Å². The summed E-state index contributed by atoms with van der Waals surface area (Å²) in [6.07, 6.45) is 0. The Bertz CT molecular complexity index is 1970. The second-order valence-corrected chi connectivity index (χ2v) is 9.79. The third-order valence-corrected chi connectivity index (χ3v) is 7.02. The fourth-order valence-electron chi connectivity index (χ4n) is 4.89. The molecule has 0 N–H and O–H groups in total. The largest absolute Gasteiger partial charge is 0.459 e. The number of carbonyl (C=O) groups excluding carboxylic acids is 2. The minimum atomic E-state index is -0.802. The summed E-state index contributed by atoms with van der Waals surface area (Å²) < 4.78 is 31.9. The van der Waals surface area contributed by atoms with Gasteiger partial charge in [-0.1, -0.05) is 60.7 Å². The van der Waals surface area contributed by atoms with Crippen molar-refractivity contribution in [3.8, 4) is 0 Å². The van der Waals surface area contributed by atoms with E-state index in [1.165, 1.54) is 12.1 Å². The summed E-state index contributed by atoms with van der Waals surface area (Å²) in [5.41, 5.74) is -1.17. The van der Waals surface area contributed by atoms with Crippen molar-refractivity contribution in [3.63, 3.8) is 0 Å². The van der Waals surface area contributed by atoms with Gasteiger partial charge in [-0.05, 0) is 45.8 Å². The van der Waals surface area contributed by atoms with E-state index >= 15 is 0 Å². The number of carbonyl (C=O) groups is 2. The molecule has 2 aromatic heterocycles. The van der Waals surface area contributed by atoms with Gasteiger partial charge in [-0.2, -0.15) is 0 Å². The zero-order valence-electron chi connectivity index (χ0n) is 23.4. The fraction of sp³-hybridized carbons (Fsp3) is 0.176. The number of benzene rings is 4. The van der Waals surface area contributed by atoms with Gasteiger partial charge < -0.3 is 27.8 Å². The van der Waals surface area contributed by atoms with Gasteiger partial charge in [0.15, 0.2) is 0 Å². The average molecular weight is 595 g/mol. The molecule has 4 aromatic carbocycles. The molecule has 0 saturated carbocycles. The Morgan fingerprint density at radius 2 is 0.909 bits per heavy atom. The molecule has 0 aliphatic carbocycles. The summed E-state index contributed by atoms with van der Waals surface area (Å²) in [7, 11) is 0. The number of rotatable bonds is 11. The maximum atomic E-state index is 12.5. The van der Waals surface area contributed by atoms with Gasteiger partial charge in [-0.15, -0.1) is 0 Å². The third-order valence-electron chi connectivity index (χ3n) is 7.02. The van der Waals surface area contributed by atoms with Crippen LogP contribution in [0.1, 0.15) is 20.7 Å². The van der Waals surface area contributed by atoms with Crippen molar-refractivity contribution >= 4 is 55.4 Å². The molecule has 0 bridgehead atoms. The summed E-state index contributed by atoms with van der Waals surface area (Å²) in [5.74, 6) is -1.60. The van der Waals surface area contributed by atoms with Gasteiger partial charge in [0.05, 0.1) is 26.4 Å². The molecular formula is C34H26O10. The highest BCUT2D eigenvalue weighted by atomic mass is 16.6. The molecule has 0 atom stereocenters. The number of hydrogen-bond donors (Lipinski definition) is 0. The lowest BCUT2D eigenvalue weighted by Crippen LogP contribution is -2.20. The first-order chi connectivity index (χ1) is 21.5. The van der Waals surface area contributed by atoms with Crippen molar-refractivity contribution in [1.29, 1.82) is 0 Å². The maximum absolute atomic E-state index is 12.5. The van der Waals surface area contributed by atoms with Gasteiger partial charge in [-0.25, -0.2) is 19.2 Å². The van der Waals surface area contributed by atoms with E-state index in [-0.39, 0.29) is 50.8 Å². The van der Waals surface area contributed by atoms with Crippen molar-refractivity contribution in [2.75, 3.05) is 39.6 Å². The first-order valence-corrected chi connectivity index (χ1v) is 13.9. The zero-order chi connectivity index (χ0) is 30.5. The quantitative estimate of drug-likeness (QED) is 0.0848. The maximum Gasteiger partial charge on any atom is 0.351 e. The van der Waals surface area contributed by atoms with Crippen LogP contribution in [0.25, 0.3) is 43.5 Å². The van der Waals surface area contributed by atoms with E-state index in [9.17, 15) is 19.2 Å². The van der Waals surface area contributed by atoms with E-state index in [0.717, 1.165) is 21.5 Å². The molecule has 0 unspecified atom stereocenters. The van der Waals surface area contributed by atoms with Gasteiger partial charge in [0.2, 0.25) is 0 Å². The normalized spacial score (nSPS) is 11.4. The summed E-state index contributed by atoms with van der Waals surface area (Å²) >= 11 is 0. The zero-order valence-corrected chi connectivity index (χ0v) is 23.4. The second kappa shape index (κ2) is 12.9. The van der Waals surface area contributed by atoms with Crippen LogP contribution in [-0.2, 0) is 18.9 Å². The highest BCUT2D eigenvalue weighted by Crippen LogP contribution is 2.26. The first-order valence-electron chi connectivity index (χ1n) is 13.9. The molecule has 0 amide bonds. The van der Waals surface area contributed by atoms with Crippen LogP contribution in [0.5, 0.6) is 0 Å². The molecule has 44 heavy (non-hydrogen) atoms. The monoisotopic (exact) mass is 594 g/mol. The van der Waals surface area contributed by atoms with Gasteiger partial charge in [0.1, 0.15) is 35.5 Å². The molecule has 0 aliphatic rings. The molecule has 6 rings (SSSR count). The standard InChI is InChI=1S/C34H26O10/c35-31(27-19-25-23-7-3-1-5-21(23)9-11-29(25)43-33(27)37)41-17-15-39-13-14-40-16-18-42-32(36)28-20-26-24-8-4-2-6-22(24)10-12-30(26)44-34(28)38/h1-12,19-20H,13-18H2. The Kier molecular flexibility index (Phi) is 8.44. The molecular weight excluding hydrogens is 568 g/mol. The van der Waals surface area contributed by atoms with Gasteiger partial charge in [0, 0.05) is 10.8 Å². The minimum Gasteiger partial charge on any atom is -0.459 e. The van der Waals surface area contributed by atoms with E-state index in [1.807, 2.05) is 60.7 Å². The third kappa shape index (κ3) is 6.07. The van der Waals surface area contributed by atoms with Crippen LogP contribution in [0, 0.1) is 0 Å². The number of ether oxygens (including phenoxy) is 4. The van der Waals surface area contributed by atoms with Gasteiger partial charge in [-0.3, -0.25) is 0 Å². The summed E-state index contributed by atoms with van der Waals surface area (Å²) in [4.78, 5) is 49.7. The lowest BCUT2D eigenvalue weighted by molar-refractivity contribution is 0.00208. The number of hydrogen-bond acceptors (Lipinski definition) is 10. The Balaban J connectivity index is 0.915. The van der Waals surface area contributed by atoms with E-state index in [2.05, 4.69) is 0 Å². The Hall–Kier alpha value is -5.32. The number of fused-ring (bicyclic) bond motifs is 6. The molecule has 2 heterocycles. The summed E-state index contributed by atoms with van der Waals surface area (Å²) in [6, 6.07) is 25.2. The van der Waals surface area contributed by atoms with Crippen LogP contribution >= 0.6 is 0 Å². The van der Waals surface area contributed by atoms with Gasteiger partial charge >= 0.3 is 23.2 Å². The minimum absolute atomic E-state index is 0.0763. The van der Waals surface area contributed by atoms with Crippen molar-refractivity contribution in [1.82, 2.24) is 0 Å². The topological polar surface area (TPSA) is 131 Å². The molecule has 0 radical (unpaired) electrons. The predicted octanol–water partition coefficient (Wildman–Crippen LogP) is 5.25. The lowest BCUT2D eigenvalue weighted by atomic mass is 10.0. The van der Waals surface area contributed by atoms with Crippen LogP contribution in [0.2, 0.25) is 0 Å². The van der Waals surface area contributed by atoms with Crippen LogP contribution in [0.15, 0.2) is 103 Å². The summed E-state index contributed by atoms with van der Waals surface area (Å²) in [6.45, 7) is 0.394. The van der Waals surface area contributed by atoms with Crippen molar-refractivity contribution in [2.45, 2.75) is 0 Å². The average Bonchev–Trinajstić information content (AvgIpc) is 3.04. The lowest BCUT2D eigenvalue weighted by Gasteiger charge is -2.08. The van der Waals surface area contributed by atoms with Crippen molar-refractivity contribution in [3.05, 3.63) is 117 Å². The van der Waals surface area contributed by atoms with E-state index in [4.69, 9.17) is 27.8 Å². The number of esters is 2. The van der Waals surface area contributed by atoms with Crippen molar-refractivity contribution < 1.29 is 37.4 Å². The summed E-state index contributed by atoms with van der Waals surface area (Å²) in [5, 5.41) is 4.90. The predicted molar refractivity (Wildman–Crippen MR) is 162 cm³/mol. The Morgan fingerprint density at radius 3 is 1.36 bits per heavy atom. The van der Waals surface area contributed by atoms with Crippen LogP contribution in [-0.4, -0.2) is 51.6 Å². The molecule has 0 saturated heterocycles. The van der Waals surface area contributed by atoms with Gasteiger partial charge in [0.25, 0.3) is 0 Å². The smallest absolute Gasteiger partial charge is 0.351 e. The molecule has 0 fully saturated rings.